The van der Waals surface area contributed by atoms with E-state index in [1.54, 1.807) is 6.07 Å². The van der Waals surface area contributed by atoms with Gasteiger partial charge in [0.2, 0.25) is 0 Å². The van der Waals surface area contributed by atoms with E-state index in [4.69, 9.17) is 0 Å². The number of nitrogens with zero attached hydrogens (tertiary/aromatic N) is 4. The van der Waals surface area contributed by atoms with Gasteiger partial charge < -0.3 is 4.90 Å². The molecule has 5 rings (SSSR count). The molecule has 1 atom stereocenters. The second-order valence-electron chi connectivity index (χ2n) is 8.89. The Morgan fingerprint density at radius 2 is 1.87 bits per heavy atom. The molecule has 0 N–H and O–H groups in total. The lowest BCUT2D eigenvalue weighted by Crippen LogP contribution is -2.45. The molecule has 1 spiro atoms. The van der Waals surface area contributed by atoms with Gasteiger partial charge >= 0.3 is 6.18 Å². The number of piperidine rings is 1. The first-order valence-corrected chi connectivity index (χ1v) is 11.5. The molecule has 2 aromatic heterocycles. The quantitative estimate of drug-likeness (QED) is 0.545. The Hall–Kier alpha value is -2.19. The van der Waals surface area contributed by atoms with Crippen molar-refractivity contribution in [1.82, 2.24) is 14.9 Å². The lowest BCUT2D eigenvalue weighted by molar-refractivity contribution is -0.126. The van der Waals surface area contributed by atoms with Gasteiger partial charge in [-0.15, -0.1) is 11.3 Å². The third-order valence-electron chi connectivity index (χ3n) is 6.46. The maximum atomic E-state index is 12.9. The highest BCUT2D eigenvalue weighted by Crippen LogP contribution is 2.42. The van der Waals surface area contributed by atoms with Crippen molar-refractivity contribution in [3.63, 3.8) is 0 Å². The maximum Gasteiger partial charge on any atom is 0.393 e. The molecule has 2 saturated heterocycles. The summed E-state index contributed by atoms with van der Waals surface area (Å²) in [6.45, 7) is 4.88. The molecule has 1 aromatic carbocycles. The minimum Gasteiger partial charge on any atom is -0.355 e. The van der Waals surface area contributed by atoms with E-state index in [1.165, 1.54) is 18.3 Å². The number of anilines is 1. The van der Waals surface area contributed by atoms with E-state index in [0.717, 1.165) is 68.1 Å². The third-order valence-corrected chi connectivity index (χ3v) is 7.50. The highest BCUT2D eigenvalue weighted by Gasteiger charge is 2.42. The zero-order valence-electron chi connectivity index (χ0n) is 17.2. The molecule has 4 nitrogen and oxygen atoms in total. The number of halogens is 3. The fraction of sp³-hybridized carbons (Fsp3) is 0.478. The van der Waals surface area contributed by atoms with Crippen molar-refractivity contribution in [2.75, 3.05) is 31.1 Å². The van der Waals surface area contributed by atoms with Crippen LogP contribution in [0.5, 0.6) is 0 Å². The first kappa shape index (κ1) is 20.7. The molecular weight excluding hydrogens is 421 g/mol. The third kappa shape index (κ3) is 4.55. The largest absolute Gasteiger partial charge is 0.393 e. The van der Waals surface area contributed by atoms with Gasteiger partial charge in [-0.25, -0.2) is 9.97 Å². The van der Waals surface area contributed by atoms with Crippen LogP contribution in [0.1, 0.15) is 29.7 Å². The van der Waals surface area contributed by atoms with E-state index < -0.39 is 12.6 Å². The molecule has 31 heavy (non-hydrogen) atoms. The highest BCUT2D eigenvalue weighted by molar-refractivity contribution is 7.18. The molecule has 0 amide bonds. The molecule has 4 heterocycles. The number of hydrogen-bond donors (Lipinski definition) is 0. The number of alkyl halides is 3. The summed E-state index contributed by atoms with van der Waals surface area (Å²) in [6.07, 6.45) is -0.228. The average Bonchev–Trinajstić information content (AvgIpc) is 3.30. The molecule has 1 unspecified atom stereocenters. The summed E-state index contributed by atoms with van der Waals surface area (Å²) in [4.78, 5) is 14.5. The topological polar surface area (TPSA) is 32.3 Å². The van der Waals surface area contributed by atoms with Gasteiger partial charge in [-0.2, -0.15) is 13.2 Å². The van der Waals surface area contributed by atoms with E-state index in [9.17, 15) is 13.2 Å². The van der Waals surface area contributed by atoms with Crippen LogP contribution in [0, 0.1) is 5.41 Å². The standard InChI is InChI=1S/C23H25F3N4S/c24-23(25,26)12-18-11-19-20(27-16-28-21(19)31-18)30-9-4-7-22(15-30)8-10-29(14-22)13-17-5-2-1-3-6-17/h1-3,5-6,11,16H,4,7-10,12-15H2. The van der Waals surface area contributed by atoms with Crippen molar-refractivity contribution in [3.8, 4) is 0 Å². The van der Waals surface area contributed by atoms with Crippen molar-refractivity contribution in [1.29, 1.82) is 0 Å². The van der Waals surface area contributed by atoms with Gasteiger partial charge in [0.05, 0.1) is 11.8 Å². The van der Waals surface area contributed by atoms with Crippen molar-refractivity contribution in [2.45, 2.75) is 38.4 Å². The maximum absolute atomic E-state index is 12.9. The van der Waals surface area contributed by atoms with Crippen molar-refractivity contribution >= 4 is 27.4 Å². The van der Waals surface area contributed by atoms with E-state index in [0.29, 0.717) is 9.71 Å². The second kappa shape index (κ2) is 8.06. The van der Waals surface area contributed by atoms with Crippen LogP contribution in [-0.4, -0.2) is 47.2 Å². The van der Waals surface area contributed by atoms with Crippen LogP contribution >= 0.6 is 11.3 Å². The minimum absolute atomic E-state index is 0.217. The van der Waals surface area contributed by atoms with Crippen LogP contribution in [0.15, 0.2) is 42.7 Å². The molecule has 0 radical (unpaired) electrons. The number of likely N-dealkylation sites (tertiary alicyclic amines) is 1. The predicted molar refractivity (Wildman–Crippen MR) is 117 cm³/mol. The Balaban J connectivity index is 1.34. The summed E-state index contributed by atoms with van der Waals surface area (Å²) in [5.41, 5.74) is 1.55. The van der Waals surface area contributed by atoms with Gasteiger partial charge in [-0.05, 0) is 37.4 Å². The van der Waals surface area contributed by atoms with Gasteiger partial charge in [0.25, 0.3) is 0 Å². The van der Waals surface area contributed by atoms with Crippen LogP contribution in [0.25, 0.3) is 10.2 Å². The van der Waals surface area contributed by atoms with Gasteiger partial charge in [0, 0.05) is 36.5 Å². The Morgan fingerprint density at radius 1 is 1.03 bits per heavy atom. The average molecular weight is 447 g/mol. The minimum atomic E-state index is -4.21. The summed E-state index contributed by atoms with van der Waals surface area (Å²) in [5.74, 6) is 0.787. The van der Waals surface area contributed by atoms with Crippen LogP contribution in [0.2, 0.25) is 0 Å². The molecule has 0 saturated carbocycles. The molecule has 0 aliphatic carbocycles. The highest BCUT2D eigenvalue weighted by atomic mass is 32.1. The fourth-order valence-electron chi connectivity index (χ4n) is 5.16. The molecule has 3 aromatic rings. The smallest absolute Gasteiger partial charge is 0.355 e. The normalized spacial score (nSPS) is 22.6. The fourth-order valence-corrected chi connectivity index (χ4v) is 6.18. The van der Waals surface area contributed by atoms with Crippen LogP contribution in [0.4, 0.5) is 19.0 Å². The molecule has 2 aliphatic heterocycles. The molecule has 2 aliphatic rings. The van der Waals surface area contributed by atoms with E-state index in [-0.39, 0.29) is 5.41 Å². The van der Waals surface area contributed by atoms with Crippen molar-refractivity contribution in [2.24, 2.45) is 5.41 Å². The molecule has 8 heteroatoms. The number of benzene rings is 1. The lowest BCUT2D eigenvalue weighted by atomic mass is 9.79. The number of hydrogen-bond acceptors (Lipinski definition) is 5. The second-order valence-corrected chi connectivity index (χ2v) is 10.0. The van der Waals surface area contributed by atoms with Crippen LogP contribution in [-0.2, 0) is 13.0 Å². The molecule has 2 fully saturated rings. The van der Waals surface area contributed by atoms with Gasteiger partial charge in [-0.3, -0.25) is 4.90 Å². The Labute approximate surface area is 183 Å². The Kier molecular flexibility index (Phi) is 5.38. The molecule has 0 bridgehead atoms. The van der Waals surface area contributed by atoms with Gasteiger partial charge in [-0.1, -0.05) is 30.3 Å². The monoisotopic (exact) mass is 446 g/mol. The van der Waals surface area contributed by atoms with Gasteiger partial charge in [0.15, 0.2) is 0 Å². The van der Waals surface area contributed by atoms with Crippen LogP contribution < -0.4 is 4.90 Å². The molecular formula is C23H25F3N4S. The zero-order chi connectivity index (χ0) is 21.5. The predicted octanol–water partition coefficient (Wildman–Crippen LogP) is 5.29. The van der Waals surface area contributed by atoms with Crippen molar-refractivity contribution in [3.05, 3.63) is 53.2 Å². The summed E-state index contributed by atoms with van der Waals surface area (Å²) >= 11 is 1.12. The van der Waals surface area contributed by atoms with Crippen LogP contribution in [0.3, 0.4) is 0 Å². The van der Waals surface area contributed by atoms with Crippen molar-refractivity contribution < 1.29 is 13.2 Å². The molecule has 164 valence electrons. The lowest BCUT2D eigenvalue weighted by Gasteiger charge is -2.41. The number of aromatic nitrogens is 2. The van der Waals surface area contributed by atoms with E-state index >= 15 is 0 Å². The van der Waals surface area contributed by atoms with E-state index in [1.807, 2.05) is 6.07 Å². The summed E-state index contributed by atoms with van der Waals surface area (Å²) in [7, 11) is 0. The Morgan fingerprint density at radius 3 is 2.68 bits per heavy atom. The summed E-state index contributed by atoms with van der Waals surface area (Å²) in [6, 6.07) is 12.2. The number of rotatable bonds is 4. The summed E-state index contributed by atoms with van der Waals surface area (Å²) in [5, 5.41) is 0.753. The summed E-state index contributed by atoms with van der Waals surface area (Å²) < 4.78 is 38.6. The van der Waals surface area contributed by atoms with E-state index in [2.05, 4.69) is 44.0 Å². The SMILES string of the molecule is FC(F)(F)Cc1cc2c(N3CCCC4(CCN(Cc5ccccc5)C4)C3)ncnc2s1. The first-order chi connectivity index (χ1) is 14.9. The first-order valence-electron chi connectivity index (χ1n) is 10.7. The number of thiophene rings is 1. The van der Waals surface area contributed by atoms with Gasteiger partial charge in [0.1, 0.15) is 17.0 Å². The number of fused-ring (bicyclic) bond motifs is 1. The zero-order valence-corrected chi connectivity index (χ0v) is 18.1. The Bertz CT molecular complexity index is 1050.